The second-order valence-electron chi connectivity index (χ2n) is 3.90. The van der Waals surface area contributed by atoms with E-state index in [1.807, 2.05) is 0 Å². The molecule has 2 unspecified atom stereocenters. The number of hydrogen-bond donors (Lipinski definition) is 4. The van der Waals surface area contributed by atoms with Gasteiger partial charge in [-0.15, -0.1) is 0 Å². The average molecular weight is 256 g/mol. The predicted molar refractivity (Wildman–Crippen MR) is 67.6 cm³/mol. The van der Waals surface area contributed by atoms with Crippen molar-refractivity contribution in [3.63, 3.8) is 0 Å². The van der Waals surface area contributed by atoms with Gasteiger partial charge in [0.2, 0.25) is 0 Å². The number of carboxylic acid groups (broad SMARTS) is 1. The molecular weight excluding hydrogens is 240 g/mol. The van der Waals surface area contributed by atoms with Gasteiger partial charge in [-0.3, -0.25) is 0 Å². The van der Waals surface area contributed by atoms with Crippen molar-refractivity contribution in [3.05, 3.63) is 34.9 Å². The number of hydrogen-bond acceptors (Lipinski definition) is 4. The molecule has 0 spiro atoms. The van der Waals surface area contributed by atoms with Crippen LogP contribution in [0, 0.1) is 6.92 Å². The molecule has 17 heavy (non-hydrogen) atoms. The second kappa shape index (κ2) is 6.05. The van der Waals surface area contributed by atoms with Gasteiger partial charge in [-0.1, -0.05) is 6.07 Å². The second-order valence-corrected chi connectivity index (χ2v) is 4.35. The van der Waals surface area contributed by atoms with Crippen LogP contribution in [0.25, 0.3) is 0 Å². The lowest BCUT2D eigenvalue weighted by Crippen LogP contribution is -2.19. The first-order valence-electron chi connectivity index (χ1n) is 5.28. The van der Waals surface area contributed by atoms with Gasteiger partial charge in [-0.2, -0.15) is 12.6 Å². The van der Waals surface area contributed by atoms with E-state index in [0.29, 0.717) is 23.3 Å². The molecule has 94 valence electrons. The van der Waals surface area contributed by atoms with E-state index in [4.69, 9.17) is 5.11 Å². The third-order valence-electron chi connectivity index (χ3n) is 2.62. The first-order valence-corrected chi connectivity index (χ1v) is 5.91. The Morgan fingerprint density at radius 1 is 1.41 bits per heavy atom. The minimum atomic E-state index is -1.01. The number of aliphatic hydroxyl groups excluding tert-OH is 2. The lowest BCUT2D eigenvalue weighted by Gasteiger charge is -2.19. The number of carbonyl (C=O) groups is 1. The van der Waals surface area contributed by atoms with Crippen molar-refractivity contribution in [2.45, 2.75) is 25.6 Å². The molecule has 5 heteroatoms. The monoisotopic (exact) mass is 256 g/mol. The summed E-state index contributed by atoms with van der Waals surface area (Å²) < 4.78 is 0. The maximum Gasteiger partial charge on any atom is 0.335 e. The highest BCUT2D eigenvalue weighted by atomic mass is 32.1. The lowest BCUT2D eigenvalue weighted by atomic mass is 9.96. The minimum Gasteiger partial charge on any atom is -0.478 e. The van der Waals surface area contributed by atoms with E-state index in [1.165, 1.54) is 18.2 Å². The summed E-state index contributed by atoms with van der Waals surface area (Å²) in [5.74, 6) is -0.533. The van der Waals surface area contributed by atoms with Crippen molar-refractivity contribution in [1.82, 2.24) is 0 Å². The van der Waals surface area contributed by atoms with Gasteiger partial charge >= 0.3 is 5.97 Å². The molecule has 0 amide bonds. The van der Waals surface area contributed by atoms with E-state index < -0.39 is 18.2 Å². The van der Waals surface area contributed by atoms with Crippen LogP contribution in [-0.2, 0) is 0 Å². The highest BCUT2D eigenvalue weighted by molar-refractivity contribution is 7.80. The Hall–Kier alpha value is -1.04. The largest absolute Gasteiger partial charge is 0.478 e. The third kappa shape index (κ3) is 3.46. The molecular formula is C12H16O4S. The molecule has 1 rings (SSSR count). The summed E-state index contributed by atoms with van der Waals surface area (Å²) in [5.41, 5.74) is 1.36. The van der Waals surface area contributed by atoms with Crippen LogP contribution in [0.15, 0.2) is 18.2 Å². The van der Waals surface area contributed by atoms with Crippen LogP contribution < -0.4 is 0 Å². The van der Waals surface area contributed by atoms with Gasteiger partial charge in [0, 0.05) is 0 Å². The Kier molecular flexibility index (Phi) is 4.99. The molecule has 1 aromatic rings. The molecule has 0 aliphatic rings. The third-order valence-corrected chi connectivity index (χ3v) is 2.88. The van der Waals surface area contributed by atoms with Crippen LogP contribution in [0.1, 0.15) is 34.0 Å². The first kappa shape index (κ1) is 14.0. The number of aliphatic hydroxyl groups is 2. The van der Waals surface area contributed by atoms with Gasteiger partial charge in [0.05, 0.1) is 11.7 Å². The zero-order valence-corrected chi connectivity index (χ0v) is 10.4. The molecule has 0 aliphatic heterocycles. The Balaban J connectivity index is 2.95. The van der Waals surface area contributed by atoms with Gasteiger partial charge in [0.15, 0.2) is 0 Å². The predicted octanol–water partition coefficient (Wildman–Crippen LogP) is 1.41. The molecule has 3 N–H and O–H groups in total. The number of carboxylic acids is 1. The van der Waals surface area contributed by atoms with Crippen molar-refractivity contribution in [2.24, 2.45) is 0 Å². The molecule has 0 fully saturated rings. The zero-order chi connectivity index (χ0) is 13.0. The molecule has 0 aliphatic carbocycles. The molecule has 0 bridgehead atoms. The van der Waals surface area contributed by atoms with Gasteiger partial charge < -0.3 is 15.3 Å². The Morgan fingerprint density at radius 3 is 2.53 bits per heavy atom. The van der Waals surface area contributed by atoms with Crippen LogP contribution in [0.2, 0.25) is 0 Å². The highest BCUT2D eigenvalue weighted by Crippen LogP contribution is 2.23. The molecule has 0 aromatic heterocycles. The first-order chi connectivity index (χ1) is 7.97. The number of aryl methyl sites for hydroxylation is 1. The summed E-state index contributed by atoms with van der Waals surface area (Å²) in [6.07, 6.45) is -1.52. The maximum atomic E-state index is 10.7. The van der Waals surface area contributed by atoms with E-state index in [1.54, 1.807) is 6.92 Å². The molecule has 1 aromatic carbocycles. The molecule has 0 radical (unpaired) electrons. The number of benzene rings is 1. The fourth-order valence-corrected chi connectivity index (χ4v) is 1.90. The number of aromatic carboxylic acids is 1. The van der Waals surface area contributed by atoms with Gasteiger partial charge in [-0.25, -0.2) is 4.79 Å². The van der Waals surface area contributed by atoms with E-state index in [2.05, 4.69) is 12.6 Å². The van der Waals surface area contributed by atoms with Crippen LogP contribution in [0.4, 0.5) is 0 Å². The van der Waals surface area contributed by atoms with E-state index in [9.17, 15) is 15.0 Å². The summed E-state index contributed by atoms with van der Waals surface area (Å²) in [4.78, 5) is 10.7. The smallest absolute Gasteiger partial charge is 0.335 e. The highest BCUT2D eigenvalue weighted by Gasteiger charge is 2.20. The Labute approximate surface area is 105 Å². The van der Waals surface area contributed by atoms with Crippen molar-refractivity contribution in [1.29, 1.82) is 0 Å². The van der Waals surface area contributed by atoms with Crippen LogP contribution in [0.5, 0.6) is 0 Å². The Bertz CT molecular complexity index is 405. The Morgan fingerprint density at radius 2 is 2.06 bits per heavy atom. The number of rotatable bonds is 5. The van der Waals surface area contributed by atoms with Gasteiger partial charge in [0.1, 0.15) is 6.10 Å². The van der Waals surface area contributed by atoms with Gasteiger partial charge in [0.25, 0.3) is 0 Å². The summed E-state index contributed by atoms with van der Waals surface area (Å²) in [6.45, 7) is 1.71. The van der Waals surface area contributed by atoms with Crippen LogP contribution in [0.3, 0.4) is 0 Å². The lowest BCUT2D eigenvalue weighted by molar-refractivity contribution is 0.0168. The topological polar surface area (TPSA) is 77.8 Å². The van der Waals surface area contributed by atoms with Crippen LogP contribution >= 0.6 is 12.6 Å². The normalized spacial score (nSPS) is 14.4. The SMILES string of the molecule is Cc1cc(C(=O)O)ccc1C(O)C(O)CCS. The summed E-state index contributed by atoms with van der Waals surface area (Å²) >= 11 is 3.99. The molecule has 0 heterocycles. The van der Waals surface area contributed by atoms with E-state index in [0.717, 1.165) is 0 Å². The maximum absolute atomic E-state index is 10.7. The van der Waals surface area contributed by atoms with Crippen molar-refractivity contribution in [2.75, 3.05) is 5.75 Å². The average Bonchev–Trinajstić information content (AvgIpc) is 2.28. The molecule has 2 atom stereocenters. The van der Waals surface area contributed by atoms with Crippen molar-refractivity contribution >= 4 is 18.6 Å². The quantitative estimate of drug-likeness (QED) is 0.601. The van der Waals surface area contributed by atoms with Crippen LogP contribution in [-0.4, -0.2) is 33.1 Å². The summed E-state index contributed by atoms with van der Waals surface area (Å²) in [5, 5.41) is 28.4. The van der Waals surface area contributed by atoms with E-state index >= 15 is 0 Å². The van der Waals surface area contributed by atoms with Crippen molar-refractivity contribution in [3.8, 4) is 0 Å². The van der Waals surface area contributed by atoms with E-state index in [-0.39, 0.29) is 5.56 Å². The zero-order valence-electron chi connectivity index (χ0n) is 9.50. The molecule has 0 saturated carbocycles. The van der Waals surface area contributed by atoms with Gasteiger partial charge in [-0.05, 0) is 42.4 Å². The minimum absolute atomic E-state index is 0.169. The summed E-state index contributed by atoms with van der Waals surface area (Å²) in [6, 6.07) is 4.43. The molecule has 4 nitrogen and oxygen atoms in total. The fourth-order valence-electron chi connectivity index (χ4n) is 1.64. The molecule has 0 saturated heterocycles. The van der Waals surface area contributed by atoms with Crippen molar-refractivity contribution < 1.29 is 20.1 Å². The number of thiol groups is 1. The fraction of sp³-hybridized carbons (Fsp3) is 0.417. The summed E-state index contributed by atoms with van der Waals surface area (Å²) in [7, 11) is 0. The standard InChI is InChI=1S/C12H16O4S/c1-7-6-8(12(15)16)2-3-9(7)11(14)10(13)4-5-17/h2-3,6,10-11,13-14,17H,4-5H2,1H3,(H,15,16).